The highest BCUT2D eigenvalue weighted by atomic mass is 16.5. The molecule has 1 saturated heterocycles. The number of hydrogen-bond acceptors (Lipinski definition) is 3. The molecule has 1 fully saturated rings. The van der Waals surface area contributed by atoms with E-state index < -0.39 is 6.10 Å². The van der Waals surface area contributed by atoms with Crippen molar-refractivity contribution < 1.29 is 9.53 Å². The molecule has 1 heterocycles. The van der Waals surface area contributed by atoms with Crippen LogP contribution in [0.3, 0.4) is 0 Å². The van der Waals surface area contributed by atoms with Crippen LogP contribution in [0.15, 0.2) is 48.5 Å². The zero-order valence-corrected chi connectivity index (χ0v) is 16.4. The van der Waals surface area contributed by atoms with Gasteiger partial charge < -0.3 is 10.1 Å². The molecule has 0 aliphatic carbocycles. The van der Waals surface area contributed by atoms with Crippen molar-refractivity contribution in [1.29, 1.82) is 0 Å². The molecule has 2 aromatic carbocycles. The Kier molecular flexibility index (Phi) is 6.88. The van der Waals surface area contributed by atoms with Crippen molar-refractivity contribution in [3.63, 3.8) is 0 Å². The van der Waals surface area contributed by atoms with E-state index in [1.54, 1.807) is 0 Å². The third kappa shape index (κ3) is 5.83. The van der Waals surface area contributed by atoms with E-state index in [4.69, 9.17) is 4.74 Å². The molecular formula is C23H30N2O2. The van der Waals surface area contributed by atoms with E-state index in [9.17, 15) is 4.79 Å². The summed E-state index contributed by atoms with van der Waals surface area (Å²) in [7, 11) is 0. The topological polar surface area (TPSA) is 41.6 Å². The minimum atomic E-state index is -0.473. The normalized spacial score (nSPS) is 15.5. The van der Waals surface area contributed by atoms with Gasteiger partial charge in [-0.15, -0.1) is 0 Å². The van der Waals surface area contributed by atoms with Gasteiger partial charge in [0.1, 0.15) is 5.75 Å². The Morgan fingerprint density at radius 3 is 2.59 bits per heavy atom. The average molecular weight is 367 g/mol. The molecule has 4 nitrogen and oxygen atoms in total. The number of aryl methyl sites for hydroxylation is 1. The lowest BCUT2D eigenvalue weighted by Gasteiger charge is -2.18. The van der Waals surface area contributed by atoms with Gasteiger partial charge in [-0.1, -0.05) is 43.3 Å². The molecule has 1 N–H and O–H groups in total. The van der Waals surface area contributed by atoms with Crippen LogP contribution in [-0.4, -0.2) is 30.0 Å². The predicted octanol–water partition coefficient (Wildman–Crippen LogP) is 4.06. The van der Waals surface area contributed by atoms with Gasteiger partial charge in [-0.05, 0) is 68.1 Å². The Bertz CT molecular complexity index is 754. The molecule has 0 aromatic heterocycles. The lowest BCUT2D eigenvalue weighted by atomic mass is 10.1. The van der Waals surface area contributed by atoms with E-state index in [2.05, 4.69) is 34.5 Å². The maximum absolute atomic E-state index is 12.6. The summed E-state index contributed by atoms with van der Waals surface area (Å²) >= 11 is 0. The first kappa shape index (κ1) is 19.4. The number of amides is 1. The lowest BCUT2D eigenvalue weighted by molar-refractivity contribution is -0.128. The van der Waals surface area contributed by atoms with E-state index in [-0.39, 0.29) is 5.91 Å². The van der Waals surface area contributed by atoms with E-state index in [0.717, 1.165) is 23.4 Å². The van der Waals surface area contributed by atoms with Crippen molar-refractivity contribution in [3.8, 4) is 5.75 Å². The fraction of sp³-hybridized carbons (Fsp3) is 0.435. The number of rotatable bonds is 8. The number of benzene rings is 2. The van der Waals surface area contributed by atoms with Crippen molar-refractivity contribution in [2.45, 2.75) is 52.3 Å². The second kappa shape index (κ2) is 9.56. The van der Waals surface area contributed by atoms with Gasteiger partial charge in [0.2, 0.25) is 0 Å². The molecular weight excluding hydrogens is 336 g/mol. The van der Waals surface area contributed by atoms with Gasteiger partial charge in [-0.3, -0.25) is 9.69 Å². The van der Waals surface area contributed by atoms with Gasteiger partial charge in [-0.25, -0.2) is 0 Å². The van der Waals surface area contributed by atoms with Crippen LogP contribution in [0, 0.1) is 6.92 Å². The monoisotopic (exact) mass is 366 g/mol. The zero-order chi connectivity index (χ0) is 19.1. The molecule has 4 heteroatoms. The Morgan fingerprint density at radius 1 is 1.11 bits per heavy atom. The largest absolute Gasteiger partial charge is 0.481 e. The second-order valence-electron chi connectivity index (χ2n) is 7.35. The molecule has 1 atom stereocenters. The molecule has 27 heavy (non-hydrogen) atoms. The number of nitrogens with one attached hydrogen (secondary N) is 1. The van der Waals surface area contributed by atoms with Gasteiger partial charge in [0.15, 0.2) is 6.10 Å². The van der Waals surface area contributed by atoms with Crippen LogP contribution in [0.4, 0.5) is 0 Å². The van der Waals surface area contributed by atoms with Crippen LogP contribution in [0.2, 0.25) is 0 Å². The maximum atomic E-state index is 12.6. The number of carbonyl (C=O) groups excluding carboxylic acids is 1. The van der Waals surface area contributed by atoms with Crippen LogP contribution in [0.25, 0.3) is 0 Å². The Hall–Kier alpha value is -2.33. The van der Waals surface area contributed by atoms with Crippen LogP contribution in [0.5, 0.6) is 5.75 Å². The number of carbonyl (C=O) groups is 1. The van der Waals surface area contributed by atoms with Gasteiger partial charge in [0, 0.05) is 13.1 Å². The smallest absolute Gasteiger partial charge is 0.261 e. The summed E-state index contributed by atoms with van der Waals surface area (Å²) in [5.74, 6) is 0.675. The third-order valence-corrected chi connectivity index (χ3v) is 4.99. The quantitative estimate of drug-likeness (QED) is 0.766. The Labute approximate surface area is 162 Å². The molecule has 3 rings (SSSR count). The molecule has 1 aliphatic rings. The summed E-state index contributed by atoms with van der Waals surface area (Å²) in [4.78, 5) is 15.0. The van der Waals surface area contributed by atoms with E-state index in [0.29, 0.717) is 13.0 Å². The average Bonchev–Trinajstić information content (AvgIpc) is 3.17. The minimum Gasteiger partial charge on any atom is -0.481 e. The summed E-state index contributed by atoms with van der Waals surface area (Å²) in [5.41, 5.74) is 3.56. The lowest BCUT2D eigenvalue weighted by Crippen LogP contribution is -2.37. The number of ether oxygens (including phenoxy) is 1. The number of nitrogens with zero attached hydrogens (tertiary/aromatic N) is 1. The van der Waals surface area contributed by atoms with Crippen molar-refractivity contribution in [2.75, 3.05) is 13.1 Å². The van der Waals surface area contributed by atoms with Gasteiger partial charge in [0.05, 0.1) is 0 Å². The van der Waals surface area contributed by atoms with Crippen LogP contribution >= 0.6 is 0 Å². The molecule has 0 bridgehead atoms. The number of likely N-dealkylation sites (tertiary alicyclic amines) is 1. The summed E-state index contributed by atoms with van der Waals surface area (Å²) in [6.45, 7) is 7.89. The SMILES string of the molecule is CCC(Oc1cccc(C)c1)C(=O)NCc1cccc(CN2CCCC2)c1. The highest BCUT2D eigenvalue weighted by molar-refractivity contribution is 5.81. The summed E-state index contributed by atoms with van der Waals surface area (Å²) in [6, 6.07) is 16.3. The van der Waals surface area contributed by atoms with E-state index >= 15 is 0 Å². The van der Waals surface area contributed by atoms with E-state index in [1.165, 1.54) is 31.5 Å². The highest BCUT2D eigenvalue weighted by Gasteiger charge is 2.18. The first-order valence-corrected chi connectivity index (χ1v) is 9.95. The third-order valence-electron chi connectivity index (χ3n) is 4.99. The standard InChI is InChI=1S/C23H30N2O2/c1-3-22(27-21-11-6-8-18(2)14-21)23(26)24-16-19-9-7-10-20(15-19)17-25-12-4-5-13-25/h6-11,14-15,22H,3-5,12-13,16-17H2,1-2H3,(H,24,26). The molecule has 144 valence electrons. The number of hydrogen-bond donors (Lipinski definition) is 1. The summed E-state index contributed by atoms with van der Waals surface area (Å²) < 4.78 is 5.89. The van der Waals surface area contributed by atoms with Gasteiger partial charge in [-0.2, -0.15) is 0 Å². The predicted molar refractivity (Wildman–Crippen MR) is 109 cm³/mol. The van der Waals surface area contributed by atoms with E-state index in [1.807, 2.05) is 38.1 Å². The second-order valence-corrected chi connectivity index (χ2v) is 7.35. The van der Waals surface area contributed by atoms with Crippen molar-refractivity contribution >= 4 is 5.91 Å². The molecule has 2 aromatic rings. The molecule has 1 aliphatic heterocycles. The zero-order valence-electron chi connectivity index (χ0n) is 16.4. The summed E-state index contributed by atoms with van der Waals surface area (Å²) in [5, 5.41) is 3.03. The Morgan fingerprint density at radius 2 is 1.85 bits per heavy atom. The Balaban J connectivity index is 1.54. The van der Waals surface area contributed by atoms with Crippen molar-refractivity contribution in [2.24, 2.45) is 0 Å². The maximum Gasteiger partial charge on any atom is 0.261 e. The fourth-order valence-electron chi connectivity index (χ4n) is 3.52. The highest BCUT2D eigenvalue weighted by Crippen LogP contribution is 2.16. The van der Waals surface area contributed by atoms with Crippen molar-refractivity contribution in [3.05, 3.63) is 65.2 Å². The van der Waals surface area contributed by atoms with Crippen LogP contribution in [0.1, 0.15) is 42.9 Å². The molecule has 0 radical (unpaired) electrons. The summed E-state index contributed by atoms with van der Waals surface area (Å²) in [6.07, 6.45) is 2.76. The first-order valence-electron chi connectivity index (χ1n) is 9.95. The first-order chi connectivity index (χ1) is 13.1. The van der Waals surface area contributed by atoms with Crippen LogP contribution < -0.4 is 10.1 Å². The molecule has 0 spiro atoms. The molecule has 1 unspecified atom stereocenters. The fourth-order valence-corrected chi connectivity index (χ4v) is 3.52. The molecule has 1 amide bonds. The molecule has 0 saturated carbocycles. The van der Waals surface area contributed by atoms with Gasteiger partial charge >= 0.3 is 0 Å². The van der Waals surface area contributed by atoms with Crippen LogP contribution in [-0.2, 0) is 17.9 Å². The minimum absolute atomic E-state index is 0.0658. The van der Waals surface area contributed by atoms with Gasteiger partial charge in [0.25, 0.3) is 5.91 Å². The van der Waals surface area contributed by atoms with Crippen molar-refractivity contribution in [1.82, 2.24) is 10.2 Å².